The van der Waals surface area contributed by atoms with Gasteiger partial charge < -0.3 is 72.2 Å². The van der Waals surface area contributed by atoms with Crippen LogP contribution in [-0.4, -0.2) is 117 Å². The van der Waals surface area contributed by atoms with Gasteiger partial charge in [-0.3, -0.25) is 47.9 Å². The normalized spacial score (nSPS) is 16.1. The van der Waals surface area contributed by atoms with E-state index in [1.165, 1.54) is 35.2 Å². The standard InChI is InChI=1S/C54H50N16O15S3/c1-20(2)13-31-51-67-33(16-85-51)44(76)55-14-37-63-34(17-86-37)46(78)61-26(8)52-68-35(18-87-52)47(79)59-24(6)42(74)60-25(7)50-66-32(15-84-50)39-29(53-69-36(19-88-53)48(80)70-38(28(10)71)49(81)65-31)11-12-30(64-39)45(77)58-23(5)41(73)56-21(3)40(72)57-22(4)43(75)62-27(9)54(82)83/h11-13,15-20,26,28,38,71H,3-7,9,14H2,1-2,8,10H3,(H,55,76)(H,56,73)(H,57,72)(H,58,77)(H,59,79)(H,60,74)(H,61,78)(H,62,75)(H,65,81)(H,70,80)(H,82,83)/t26-,28+,38+/m1/s1. The molecule has 0 aliphatic carbocycles. The molecule has 88 heavy (non-hydrogen) atoms. The van der Waals surface area contributed by atoms with E-state index >= 15 is 0 Å². The number of pyridine rings is 1. The fraction of sp³-hybridized carbons (Fsp3) is 0.167. The molecule has 3 atom stereocenters. The minimum atomic E-state index is -1.64. The topological polar surface area (TPSA) is 452 Å². The Hall–Kier alpha value is -11.2. The molecule has 1 aliphatic heterocycles. The number of hydrogen-bond acceptors (Lipinski definition) is 23. The number of aliphatic hydroxyl groups excluding tert-OH is 1. The fourth-order valence-electron chi connectivity index (χ4n) is 7.06. The molecule has 0 saturated carbocycles. The Labute approximate surface area is 508 Å². The second-order valence-electron chi connectivity index (χ2n) is 18.7. The predicted octanol–water partition coefficient (Wildman–Crippen LogP) is 2.04. The van der Waals surface area contributed by atoms with Crippen LogP contribution in [0.25, 0.3) is 33.4 Å². The molecule has 6 aromatic rings. The van der Waals surface area contributed by atoms with Crippen LogP contribution in [0.3, 0.4) is 0 Å². The molecule has 12 N–H and O–H groups in total. The van der Waals surface area contributed by atoms with Crippen molar-refractivity contribution in [2.75, 3.05) is 0 Å². The zero-order valence-corrected chi connectivity index (χ0v) is 48.9. The highest BCUT2D eigenvalue weighted by Crippen LogP contribution is 2.34. The third-order valence-corrected chi connectivity index (χ3v) is 14.2. The number of allylic oxidation sites excluding steroid dienone is 1. The summed E-state index contributed by atoms with van der Waals surface area (Å²) in [7, 11) is 0. The van der Waals surface area contributed by atoms with Gasteiger partial charge in [-0.25, -0.2) is 34.7 Å². The number of nitrogens with zero attached hydrogens (tertiary/aromatic N) is 6. The second-order valence-corrected chi connectivity index (χ2v) is 21.4. The number of carbonyl (C=O) groups is 11. The molecule has 10 bridgehead atoms. The highest BCUT2D eigenvalue weighted by molar-refractivity contribution is 7.13. The van der Waals surface area contributed by atoms with Crippen LogP contribution in [0.5, 0.6) is 0 Å². The molecule has 0 radical (unpaired) electrons. The summed E-state index contributed by atoms with van der Waals surface area (Å²) < 4.78 is 11.3. The van der Waals surface area contributed by atoms with E-state index in [-0.39, 0.29) is 80.4 Å². The number of thiazole rings is 3. The maximum Gasteiger partial charge on any atom is 0.351 e. The van der Waals surface area contributed by atoms with Gasteiger partial charge in [0.05, 0.1) is 47.2 Å². The molecule has 0 aromatic carbocycles. The van der Waals surface area contributed by atoms with Crippen LogP contribution >= 0.6 is 34.0 Å². The van der Waals surface area contributed by atoms with E-state index in [0.717, 1.165) is 46.5 Å². The maximum absolute atomic E-state index is 13.9. The number of carboxylic acids is 1. The SMILES string of the molecule is C=C(NC(=O)C(=C)NC(=O)C(=C)NC(=O)C(=C)NC(=O)c1ccc2c(n1)-c1coc(n1)C(=C)NC(=O)C(=C)NC(=O)c1csc(n1)[C@@H](C)NC(=O)c1csc(n1)CNC(=O)c1coc(n1)C(=CC(C)C)NC(=O)[C@H]([C@H](C)O)NC(=O)c1csc-2n1)C(=O)O. The molecule has 31 nitrogen and oxygen atoms in total. The molecule has 10 amide bonds. The number of carboxylic acid groups (broad SMARTS) is 1. The zero-order chi connectivity index (χ0) is 64.4. The van der Waals surface area contributed by atoms with Crippen molar-refractivity contribution >= 4 is 110 Å². The van der Waals surface area contributed by atoms with Crippen molar-refractivity contribution in [3.63, 3.8) is 0 Å². The molecule has 454 valence electrons. The maximum atomic E-state index is 13.9. The summed E-state index contributed by atoms with van der Waals surface area (Å²) in [5.41, 5.74) is -4.69. The summed E-state index contributed by atoms with van der Waals surface area (Å²) in [5.74, 6) is -11.9. The second kappa shape index (κ2) is 27.7. The van der Waals surface area contributed by atoms with Crippen LogP contribution in [-0.2, 0) is 35.3 Å². The van der Waals surface area contributed by atoms with Crippen molar-refractivity contribution < 1.29 is 71.8 Å². The lowest BCUT2D eigenvalue weighted by molar-refractivity contribution is -0.134. The molecular formula is C54H50N16O15S3. The Balaban J connectivity index is 1.17. The summed E-state index contributed by atoms with van der Waals surface area (Å²) in [5, 5.41) is 48.1. The van der Waals surface area contributed by atoms with Gasteiger partial charge in [0.2, 0.25) is 17.7 Å². The van der Waals surface area contributed by atoms with E-state index in [1.807, 2.05) is 10.6 Å². The van der Waals surface area contributed by atoms with E-state index in [4.69, 9.17) is 13.9 Å². The lowest BCUT2D eigenvalue weighted by atomic mass is 10.1. The molecule has 7 rings (SSSR count). The van der Waals surface area contributed by atoms with Gasteiger partial charge in [0.25, 0.3) is 53.2 Å². The third kappa shape index (κ3) is 15.9. The molecule has 34 heteroatoms. The van der Waals surface area contributed by atoms with E-state index in [1.54, 1.807) is 26.8 Å². The van der Waals surface area contributed by atoms with E-state index in [9.17, 15) is 57.8 Å². The van der Waals surface area contributed by atoms with Gasteiger partial charge in [0, 0.05) is 21.7 Å². The van der Waals surface area contributed by atoms with Gasteiger partial charge in [-0.15, -0.1) is 34.0 Å². The van der Waals surface area contributed by atoms with Gasteiger partial charge >= 0.3 is 5.97 Å². The molecule has 0 saturated heterocycles. The average Bonchev–Trinajstić information content (AvgIpc) is 2.61. The fourth-order valence-corrected chi connectivity index (χ4v) is 9.41. The number of nitrogens with one attached hydrogen (secondary N) is 10. The summed E-state index contributed by atoms with van der Waals surface area (Å²) in [6.45, 7) is 27.1. The monoisotopic (exact) mass is 1260 g/mol. The smallest absolute Gasteiger partial charge is 0.351 e. The van der Waals surface area contributed by atoms with E-state index in [0.29, 0.717) is 10.0 Å². The molecule has 7 heterocycles. The quantitative estimate of drug-likeness (QED) is 0.0826. The number of rotatable bonds is 11. The Bertz CT molecular complexity index is 4010. The lowest BCUT2D eigenvalue weighted by Gasteiger charge is -2.21. The number of aromatic nitrogens is 6. The number of fused-ring (bicyclic) bond motifs is 13. The minimum absolute atomic E-state index is 0.0193. The number of hydrogen-bond donors (Lipinski definition) is 12. The van der Waals surface area contributed by atoms with Crippen LogP contribution in [0.1, 0.15) is 108 Å². The minimum Gasteiger partial charge on any atom is -0.477 e. The number of aliphatic carboxylic acids is 1. The largest absolute Gasteiger partial charge is 0.477 e. The summed E-state index contributed by atoms with van der Waals surface area (Å²) in [6, 6.07) is 0.138. The Morgan fingerprint density at radius 3 is 1.86 bits per heavy atom. The third-order valence-electron chi connectivity index (χ3n) is 11.5. The number of carbonyl (C=O) groups excluding carboxylic acids is 10. The molecular weight excluding hydrogens is 1210 g/mol. The highest BCUT2D eigenvalue weighted by atomic mass is 32.1. The van der Waals surface area contributed by atoms with Gasteiger partial charge in [0.15, 0.2) is 5.69 Å². The van der Waals surface area contributed by atoms with Gasteiger partial charge in [-0.05, 0) is 31.9 Å². The molecule has 0 fully saturated rings. The summed E-state index contributed by atoms with van der Waals surface area (Å²) in [4.78, 5) is 170. The van der Waals surface area contributed by atoms with E-state index in [2.05, 4.69) is 112 Å². The number of oxazole rings is 2. The Morgan fingerprint density at radius 1 is 0.636 bits per heavy atom. The van der Waals surface area contributed by atoms with Gasteiger partial charge in [-0.1, -0.05) is 59.4 Å². The first-order valence-corrected chi connectivity index (χ1v) is 27.9. The molecule has 0 unspecified atom stereocenters. The Morgan fingerprint density at radius 2 is 1.20 bits per heavy atom. The predicted molar refractivity (Wildman–Crippen MR) is 312 cm³/mol. The van der Waals surface area contributed by atoms with Gasteiger partial charge in [-0.2, -0.15) is 0 Å². The van der Waals surface area contributed by atoms with Crippen LogP contribution in [0.4, 0.5) is 0 Å². The zero-order valence-electron chi connectivity index (χ0n) is 46.5. The van der Waals surface area contributed by atoms with Crippen LogP contribution in [0.15, 0.2) is 124 Å². The average molecular weight is 1260 g/mol. The molecule has 6 aromatic heterocycles. The first kappa shape index (κ1) is 64.3. The molecule has 1 aliphatic rings. The molecule has 0 spiro atoms. The lowest BCUT2D eigenvalue weighted by Crippen LogP contribution is -2.52. The van der Waals surface area contributed by atoms with Crippen molar-refractivity contribution in [2.45, 2.75) is 52.4 Å². The van der Waals surface area contributed by atoms with Crippen molar-refractivity contribution in [3.05, 3.63) is 165 Å². The first-order valence-electron chi connectivity index (χ1n) is 25.2. The van der Waals surface area contributed by atoms with E-state index < -0.39 is 117 Å². The van der Waals surface area contributed by atoms with Crippen molar-refractivity contribution in [2.24, 2.45) is 5.92 Å². The Kier molecular flexibility index (Phi) is 20.2. The first-order chi connectivity index (χ1) is 41.6. The number of aliphatic hydroxyl groups is 1. The van der Waals surface area contributed by atoms with Crippen molar-refractivity contribution in [1.29, 1.82) is 0 Å². The van der Waals surface area contributed by atoms with Crippen molar-refractivity contribution in [1.82, 2.24) is 83.1 Å². The van der Waals surface area contributed by atoms with Crippen LogP contribution in [0.2, 0.25) is 0 Å². The van der Waals surface area contributed by atoms with Crippen LogP contribution < -0.4 is 53.2 Å². The highest BCUT2D eigenvalue weighted by Gasteiger charge is 2.31. The van der Waals surface area contributed by atoms with Crippen molar-refractivity contribution in [3.8, 4) is 22.0 Å². The van der Waals surface area contributed by atoms with Gasteiger partial charge in [0.1, 0.15) is 79.1 Å². The summed E-state index contributed by atoms with van der Waals surface area (Å²) in [6.07, 6.45) is 2.12. The number of amides is 10. The summed E-state index contributed by atoms with van der Waals surface area (Å²) >= 11 is 3.00. The van der Waals surface area contributed by atoms with Crippen LogP contribution in [0, 0.1) is 5.92 Å².